The van der Waals surface area contributed by atoms with Gasteiger partial charge in [-0.1, -0.05) is 20.8 Å². The van der Waals surface area contributed by atoms with Gasteiger partial charge >= 0.3 is 0 Å². The maximum Gasteiger partial charge on any atom is 0.0109 e. The molecule has 19 heavy (non-hydrogen) atoms. The molecular weight excluding hydrogens is 234 g/mol. The standard InChI is InChI=1S/C16H35N3/c1-6-16(7-9-17-10-8-16)14-19(13-15(2)3)12-11-18(4)5/h15,17H,6-14H2,1-5H3. The molecule has 0 aromatic carbocycles. The third kappa shape index (κ3) is 6.24. The van der Waals surface area contributed by atoms with Crippen molar-refractivity contribution in [1.29, 1.82) is 0 Å². The van der Waals surface area contributed by atoms with E-state index in [1.165, 1.54) is 58.5 Å². The number of nitrogens with one attached hydrogen (secondary N) is 1. The number of likely N-dealkylation sites (N-methyl/N-ethyl adjacent to an activating group) is 1. The van der Waals surface area contributed by atoms with Crippen molar-refractivity contribution in [2.45, 2.75) is 40.0 Å². The van der Waals surface area contributed by atoms with Gasteiger partial charge in [0.05, 0.1) is 0 Å². The molecule has 3 nitrogen and oxygen atoms in total. The zero-order chi connectivity index (χ0) is 14.3. The van der Waals surface area contributed by atoms with Crippen LogP contribution >= 0.6 is 0 Å². The molecule has 0 aromatic heterocycles. The van der Waals surface area contributed by atoms with Crippen molar-refractivity contribution in [2.75, 3.05) is 53.4 Å². The summed E-state index contributed by atoms with van der Waals surface area (Å²) < 4.78 is 0. The monoisotopic (exact) mass is 269 g/mol. The molecule has 1 rings (SSSR count). The van der Waals surface area contributed by atoms with Crippen LogP contribution in [0.5, 0.6) is 0 Å². The minimum atomic E-state index is 0.562. The van der Waals surface area contributed by atoms with Crippen LogP contribution in [0.25, 0.3) is 0 Å². The molecule has 3 heteroatoms. The molecule has 1 saturated heterocycles. The van der Waals surface area contributed by atoms with Crippen LogP contribution in [0, 0.1) is 11.3 Å². The number of hydrogen-bond acceptors (Lipinski definition) is 3. The normalized spacial score (nSPS) is 19.6. The highest BCUT2D eigenvalue weighted by atomic mass is 15.2. The van der Waals surface area contributed by atoms with Crippen LogP contribution in [0.2, 0.25) is 0 Å². The maximum absolute atomic E-state index is 3.51. The lowest BCUT2D eigenvalue weighted by molar-refractivity contribution is 0.0934. The molecule has 0 atom stereocenters. The summed E-state index contributed by atoms with van der Waals surface area (Å²) in [5, 5.41) is 3.51. The molecule has 114 valence electrons. The Morgan fingerprint density at radius 1 is 1.11 bits per heavy atom. The second-order valence-corrected chi connectivity index (χ2v) is 7.04. The van der Waals surface area contributed by atoms with E-state index in [1.54, 1.807) is 0 Å². The summed E-state index contributed by atoms with van der Waals surface area (Å²) in [6, 6.07) is 0. The van der Waals surface area contributed by atoms with Crippen molar-refractivity contribution in [3.8, 4) is 0 Å². The third-order valence-corrected chi connectivity index (χ3v) is 4.46. The van der Waals surface area contributed by atoms with Crippen molar-refractivity contribution in [3.05, 3.63) is 0 Å². The van der Waals surface area contributed by atoms with Gasteiger partial charge in [0.1, 0.15) is 0 Å². The fourth-order valence-electron chi connectivity index (χ4n) is 3.15. The molecule has 1 aliphatic heterocycles. The van der Waals surface area contributed by atoms with Gasteiger partial charge < -0.3 is 15.1 Å². The van der Waals surface area contributed by atoms with Crippen LogP contribution in [-0.4, -0.2) is 63.2 Å². The highest BCUT2D eigenvalue weighted by Crippen LogP contribution is 2.33. The fraction of sp³-hybridized carbons (Fsp3) is 1.00. The van der Waals surface area contributed by atoms with Gasteiger partial charge in [0, 0.05) is 26.2 Å². The van der Waals surface area contributed by atoms with Crippen LogP contribution in [0.3, 0.4) is 0 Å². The van der Waals surface area contributed by atoms with Gasteiger partial charge in [-0.05, 0) is 57.8 Å². The predicted molar refractivity (Wildman–Crippen MR) is 84.7 cm³/mol. The number of rotatable bonds is 8. The van der Waals surface area contributed by atoms with E-state index in [9.17, 15) is 0 Å². The van der Waals surface area contributed by atoms with Gasteiger partial charge in [-0.2, -0.15) is 0 Å². The summed E-state index contributed by atoms with van der Waals surface area (Å²) in [6.45, 7) is 14.4. The molecular formula is C16H35N3. The van der Waals surface area contributed by atoms with E-state index in [4.69, 9.17) is 0 Å². The van der Waals surface area contributed by atoms with Gasteiger partial charge in [0.15, 0.2) is 0 Å². The van der Waals surface area contributed by atoms with Gasteiger partial charge in [0.25, 0.3) is 0 Å². The number of hydrogen-bond donors (Lipinski definition) is 1. The SMILES string of the molecule is CCC1(CN(CCN(C)C)CC(C)C)CCNCC1. The Bertz CT molecular complexity index is 232. The summed E-state index contributed by atoms with van der Waals surface area (Å²) >= 11 is 0. The number of piperidine rings is 1. The van der Waals surface area contributed by atoms with Crippen molar-refractivity contribution in [1.82, 2.24) is 15.1 Å². The minimum absolute atomic E-state index is 0.562. The van der Waals surface area contributed by atoms with E-state index in [0.29, 0.717) is 5.41 Å². The van der Waals surface area contributed by atoms with Crippen LogP contribution in [0.4, 0.5) is 0 Å². The van der Waals surface area contributed by atoms with E-state index >= 15 is 0 Å². The molecule has 1 N–H and O–H groups in total. The zero-order valence-electron chi connectivity index (χ0n) is 13.8. The smallest absolute Gasteiger partial charge is 0.0109 e. The first-order chi connectivity index (χ1) is 8.97. The van der Waals surface area contributed by atoms with Crippen LogP contribution in [0.1, 0.15) is 40.0 Å². The molecule has 0 spiro atoms. The molecule has 0 unspecified atom stereocenters. The Balaban J connectivity index is 2.57. The lowest BCUT2D eigenvalue weighted by Gasteiger charge is -2.41. The molecule has 1 aliphatic rings. The summed E-state index contributed by atoms with van der Waals surface area (Å²) in [7, 11) is 4.35. The van der Waals surface area contributed by atoms with E-state index in [-0.39, 0.29) is 0 Å². The fourth-order valence-corrected chi connectivity index (χ4v) is 3.15. The van der Waals surface area contributed by atoms with E-state index in [1.807, 2.05) is 0 Å². The molecule has 0 amide bonds. The first kappa shape index (κ1) is 16.9. The summed E-state index contributed by atoms with van der Waals surface area (Å²) in [5.41, 5.74) is 0.562. The number of nitrogens with zero attached hydrogens (tertiary/aromatic N) is 2. The van der Waals surface area contributed by atoms with Crippen molar-refractivity contribution < 1.29 is 0 Å². The summed E-state index contributed by atoms with van der Waals surface area (Å²) in [6.07, 6.45) is 4.02. The Morgan fingerprint density at radius 2 is 1.74 bits per heavy atom. The average molecular weight is 269 g/mol. The largest absolute Gasteiger partial charge is 0.317 e. The van der Waals surface area contributed by atoms with Crippen LogP contribution in [0.15, 0.2) is 0 Å². The van der Waals surface area contributed by atoms with Crippen molar-refractivity contribution in [3.63, 3.8) is 0 Å². The third-order valence-electron chi connectivity index (χ3n) is 4.46. The van der Waals surface area contributed by atoms with E-state index in [2.05, 4.69) is 50.0 Å². The Kier molecular flexibility index (Phi) is 7.33. The highest BCUT2D eigenvalue weighted by Gasteiger charge is 2.32. The molecule has 0 saturated carbocycles. The first-order valence-corrected chi connectivity index (χ1v) is 8.05. The quantitative estimate of drug-likeness (QED) is 0.729. The molecule has 1 fully saturated rings. The topological polar surface area (TPSA) is 18.5 Å². The molecule has 0 aliphatic carbocycles. The minimum Gasteiger partial charge on any atom is -0.317 e. The second-order valence-electron chi connectivity index (χ2n) is 7.04. The highest BCUT2D eigenvalue weighted by molar-refractivity contribution is 4.86. The van der Waals surface area contributed by atoms with Gasteiger partial charge in [0.2, 0.25) is 0 Å². The molecule has 0 aromatic rings. The van der Waals surface area contributed by atoms with E-state index < -0.39 is 0 Å². The summed E-state index contributed by atoms with van der Waals surface area (Å²) in [5.74, 6) is 0.762. The van der Waals surface area contributed by atoms with Crippen molar-refractivity contribution >= 4 is 0 Å². The second kappa shape index (κ2) is 8.23. The van der Waals surface area contributed by atoms with Gasteiger partial charge in [-0.15, -0.1) is 0 Å². The van der Waals surface area contributed by atoms with E-state index in [0.717, 1.165) is 5.92 Å². The van der Waals surface area contributed by atoms with Gasteiger partial charge in [-0.3, -0.25) is 0 Å². The predicted octanol–water partition coefficient (Wildman–Crippen LogP) is 2.29. The lowest BCUT2D eigenvalue weighted by Crippen LogP contribution is -2.46. The first-order valence-electron chi connectivity index (χ1n) is 8.05. The zero-order valence-corrected chi connectivity index (χ0v) is 13.8. The Labute approximate surface area is 120 Å². The van der Waals surface area contributed by atoms with Crippen LogP contribution < -0.4 is 5.32 Å². The average Bonchev–Trinajstić information content (AvgIpc) is 2.36. The van der Waals surface area contributed by atoms with Gasteiger partial charge in [-0.25, -0.2) is 0 Å². The van der Waals surface area contributed by atoms with Crippen LogP contribution in [-0.2, 0) is 0 Å². The Morgan fingerprint density at radius 3 is 2.21 bits per heavy atom. The summed E-state index contributed by atoms with van der Waals surface area (Å²) in [4.78, 5) is 5.01. The molecule has 0 radical (unpaired) electrons. The Hall–Kier alpha value is -0.120. The lowest BCUT2D eigenvalue weighted by atomic mass is 9.76. The van der Waals surface area contributed by atoms with Crippen molar-refractivity contribution in [2.24, 2.45) is 11.3 Å². The molecule has 1 heterocycles. The molecule has 0 bridgehead atoms. The maximum atomic E-state index is 3.51.